The van der Waals surface area contributed by atoms with Crippen molar-refractivity contribution in [1.82, 2.24) is 10.2 Å². The second-order valence-electron chi connectivity index (χ2n) is 6.16. The Bertz CT molecular complexity index is 490. The zero-order valence-electron chi connectivity index (χ0n) is 14.0. The number of nitrogens with zero attached hydrogens (tertiary/aromatic N) is 1. The molecule has 0 radical (unpaired) electrons. The maximum atomic E-state index is 12.1. The first-order valence-corrected chi connectivity index (χ1v) is 8.29. The van der Waals surface area contributed by atoms with Gasteiger partial charge in [-0.3, -0.25) is 9.69 Å². The molecule has 0 saturated carbocycles. The van der Waals surface area contributed by atoms with Gasteiger partial charge in [-0.25, -0.2) is 0 Å². The Morgan fingerprint density at radius 2 is 2.23 bits per heavy atom. The molecule has 1 saturated heterocycles. The van der Waals surface area contributed by atoms with Gasteiger partial charge in [-0.2, -0.15) is 0 Å². The number of likely N-dealkylation sites (tertiary alicyclic amines) is 1. The van der Waals surface area contributed by atoms with Crippen molar-refractivity contribution in [3.8, 4) is 5.75 Å². The fourth-order valence-electron chi connectivity index (χ4n) is 3.07. The number of rotatable bonds is 7. The summed E-state index contributed by atoms with van der Waals surface area (Å²) in [6.45, 7) is 5.65. The van der Waals surface area contributed by atoms with E-state index in [1.165, 1.54) is 5.56 Å². The van der Waals surface area contributed by atoms with Crippen LogP contribution in [-0.4, -0.2) is 43.1 Å². The van der Waals surface area contributed by atoms with Crippen molar-refractivity contribution in [3.05, 3.63) is 29.8 Å². The molecule has 0 aliphatic carbocycles. The fourth-order valence-corrected chi connectivity index (χ4v) is 3.07. The van der Waals surface area contributed by atoms with Gasteiger partial charge in [0.05, 0.1) is 13.7 Å². The van der Waals surface area contributed by atoms with E-state index in [4.69, 9.17) is 4.74 Å². The van der Waals surface area contributed by atoms with E-state index in [2.05, 4.69) is 23.2 Å². The molecule has 1 aliphatic rings. The maximum Gasteiger partial charge on any atom is 0.234 e. The molecule has 1 heterocycles. The summed E-state index contributed by atoms with van der Waals surface area (Å²) in [5.41, 5.74) is 1.23. The lowest BCUT2D eigenvalue weighted by Gasteiger charge is -2.25. The summed E-state index contributed by atoms with van der Waals surface area (Å²) in [7, 11) is 1.71. The van der Waals surface area contributed by atoms with Crippen molar-refractivity contribution in [3.63, 3.8) is 0 Å². The monoisotopic (exact) mass is 304 g/mol. The third-order valence-electron chi connectivity index (χ3n) is 4.51. The second-order valence-corrected chi connectivity index (χ2v) is 6.16. The van der Waals surface area contributed by atoms with Gasteiger partial charge >= 0.3 is 0 Å². The first-order valence-electron chi connectivity index (χ1n) is 8.29. The van der Waals surface area contributed by atoms with Gasteiger partial charge in [-0.05, 0) is 50.8 Å². The Hall–Kier alpha value is -1.55. The number of benzene rings is 1. The van der Waals surface area contributed by atoms with Crippen molar-refractivity contribution in [2.75, 3.05) is 20.2 Å². The van der Waals surface area contributed by atoms with E-state index in [1.807, 2.05) is 25.1 Å². The molecule has 2 atom stereocenters. The van der Waals surface area contributed by atoms with Crippen LogP contribution < -0.4 is 10.1 Å². The van der Waals surface area contributed by atoms with Crippen LogP contribution >= 0.6 is 0 Å². The number of nitrogens with one attached hydrogen (secondary N) is 1. The zero-order chi connectivity index (χ0) is 15.9. The van der Waals surface area contributed by atoms with Crippen molar-refractivity contribution in [2.24, 2.45) is 0 Å². The SMILES string of the molecule is CCC(C)NC(=O)CN1CCCC1Cc1ccccc1OC. The molecule has 0 aromatic heterocycles. The van der Waals surface area contributed by atoms with Crippen LogP contribution in [0.3, 0.4) is 0 Å². The molecule has 4 heteroatoms. The number of amides is 1. The molecule has 2 unspecified atom stereocenters. The standard InChI is InChI=1S/C18H28N2O2/c1-4-14(2)19-18(21)13-20-11-7-9-16(20)12-15-8-5-6-10-17(15)22-3/h5-6,8,10,14,16H,4,7,9,11-13H2,1-3H3,(H,19,21). The van der Waals surface area contributed by atoms with Crippen LogP contribution in [0, 0.1) is 0 Å². The molecule has 122 valence electrons. The molecular formula is C18H28N2O2. The van der Waals surface area contributed by atoms with Gasteiger partial charge < -0.3 is 10.1 Å². The van der Waals surface area contributed by atoms with Gasteiger partial charge in [0.15, 0.2) is 0 Å². The molecule has 1 amide bonds. The lowest BCUT2D eigenvalue weighted by atomic mass is 10.0. The molecule has 1 aliphatic heterocycles. The quantitative estimate of drug-likeness (QED) is 0.842. The average molecular weight is 304 g/mol. The summed E-state index contributed by atoms with van der Waals surface area (Å²) in [5.74, 6) is 1.08. The van der Waals surface area contributed by atoms with E-state index in [9.17, 15) is 4.79 Å². The second kappa shape index (κ2) is 8.18. The Morgan fingerprint density at radius 1 is 1.45 bits per heavy atom. The number of carbonyl (C=O) groups excluding carboxylic acids is 1. The minimum absolute atomic E-state index is 0.140. The molecule has 4 nitrogen and oxygen atoms in total. The van der Waals surface area contributed by atoms with Gasteiger partial charge in [-0.15, -0.1) is 0 Å². The van der Waals surface area contributed by atoms with E-state index < -0.39 is 0 Å². The summed E-state index contributed by atoms with van der Waals surface area (Å²) in [5, 5.41) is 3.06. The Labute approximate surface area is 133 Å². The van der Waals surface area contributed by atoms with Gasteiger partial charge in [0.1, 0.15) is 5.75 Å². The zero-order valence-corrected chi connectivity index (χ0v) is 14.0. The molecule has 0 bridgehead atoms. The lowest BCUT2D eigenvalue weighted by molar-refractivity contribution is -0.123. The van der Waals surface area contributed by atoms with E-state index in [-0.39, 0.29) is 11.9 Å². The number of hydrogen-bond donors (Lipinski definition) is 1. The number of carbonyl (C=O) groups is 1. The molecule has 22 heavy (non-hydrogen) atoms. The van der Waals surface area contributed by atoms with Crippen molar-refractivity contribution >= 4 is 5.91 Å². The molecule has 1 aromatic rings. The van der Waals surface area contributed by atoms with Gasteiger partial charge in [0.25, 0.3) is 0 Å². The molecular weight excluding hydrogens is 276 g/mol. The van der Waals surface area contributed by atoms with Crippen LogP contribution in [0.2, 0.25) is 0 Å². The maximum absolute atomic E-state index is 12.1. The number of methoxy groups -OCH3 is 1. The minimum atomic E-state index is 0.140. The average Bonchev–Trinajstić information content (AvgIpc) is 2.94. The van der Waals surface area contributed by atoms with Crippen LogP contribution in [-0.2, 0) is 11.2 Å². The highest BCUT2D eigenvalue weighted by Crippen LogP contribution is 2.25. The number of ether oxygens (including phenoxy) is 1. The highest BCUT2D eigenvalue weighted by atomic mass is 16.5. The van der Waals surface area contributed by atoms with E-state index >= 15 is 0 Å². The fraction of sp³-hybridized carbons (Fsp3) is 0.611. The minimum Gasteiger partial charge on any atom is -0.496 e. The highest BCUT2D eigenvalue weighted by molar-refractivity contribution is 5.78. The molecule has 1 aromatic carbocycles. The predicted octanol–water partition coefficient (Wildman–Crippen LogP) is 2.62. The summed E-state index contributed by atoms with van der Waals surface area (Å²) in [6, 6.07) is 8.85. The van der Waals surface area contributed by atoms with E-state index in [1.54, 1.807) is 7.11 Å². The number of para-hydroxylation sites is 1. The van der Waals surface area contributed by atoms with Crippen LogP contribution in [0.25, 0.3) is 0 Å². The van der Waals surface area contributed by atoms with Crippen molar-refractivity contribution < 1.29 is 9.53 Å². The third kappa shape index (κ3) is 4.47. The highest BCUT2D eigenvalue weighted by Gasteiger charge is 2.27. The summed E-state index contributed by atoms with van der Waals surface area (Å²) in [6.07, 6.45) is 4.22. The molecule has 2 rings (SSSR count). The van der Waals surface area contributed by atoms with Crippen LogP contribution in [0.5, 0.6) is 5.75 Å². The molecule has 1 N–H and O–H groups in total. The van der Waals surface area contributed by atoms with Crippen molar-refractivity contribution in [2.45, 2.75) is 51.6 Å². The summed E-state index contributed by atoms with van der Waals surface area (Å²) >= 11 is 0. The molecule has 0 spiro atoms. The first kappa shape index (κ1) is 16.8. The summed E-state index contributed by atoms with van der Waals surface area (Å²) in [4.78, 5) is 14.4. The first-order chi connectivity index (χ1) is 10.6. The van der Waals surface area contributed by atoms with Crippen LogP contribution in [0.1, 0.15) is 38.7 Å². The predicted molar refractivity (Wildman–Crippen MR) is 89.2 cm³/mol. The largest absolute Gasteiger partial charge is 0.496 e. The Balaban J connectivity index is 1.94. The van der Waals surface area contributed by atoms with Crippen LogP contribution in [0.15, 0.2) is 24.3 Å². The normalized spacial score (nSPS) is 19.9. The lowest BCUT2D eigenvalue weighted by Crippen LogP contribution is -2.43. The van der Waals surface area contributed by atoms with E-state index in [0.29, 0.717) is 12.6 Å². The van der Waals surface area contributed by atoms with Crippen molar-refractivity contribution in [1.29, 1.82) is 0 Å². The Morgan fingerprint density at radius 3 is 2.95 bits per heavy atom. The topological polar surface area (TPSA) is 41.6 Å². The molecule has 1 fully saturated rings. The number of hydrogen-bond acceptors (Lipinski definition) is 3. The van der Waals surface area contributed by atoms with Gasteiger partial charge in [0, 0.05) is 12.1 Å². The van der Waals surface area contributed by atoms with E-state index in [0.717, 1.165) is 38.0 Å². The van der Waals surface area contributed by atoms with Gasteiger partial charge in [-0.1, -0.05) is 25.1 Å². The van der Waals surface area contributed by atoms with Gasteiger partial charge in [0.2, 0.25) is 5.91 Å². The van der Waals surface area contributed by atoms with Crippen LogP contribution in [0.4, 0.5) is 0 Å². The summed E-state index contributed by atoms with van der Waals surface area (Å²) < 4.78 is 5.44. The smallest absolute Gasteiger partial charge is 0.234 e. The third-order valence-corrected chi connectivity index (χ3v) is 4.51. The Kier molecular flexibility index (Phi) is 6.25.